The zero-order chi connectivity index (χ0) is 22.9. The van der Waals surface area contributed by atoms with Crippen molar-refractivity contribution in [3.8, 4) is 17.0 Å². The lowest BCUT2D eigenvalue weighted by atomic mass is 10.1. The van der Waals surface area contributed by atoms with Crippen molar-refractivity contribution in [2.45, 2.75) is 11.4 Å². The molecule has 0 aliphatic carbocycles. The second-order valence-electron chi connectivity index (χ2n) is 7.16. The summed E-state index contributed by atoms with van der Waals surface area (Å²) in [6.45, 7) is 0.415. The first-order chi connectivity index (χ1) is 16.2. The molecule has 6 nitrogen and oxygen atoms in total. The second kappa shape index (κ2) is 11.1. The molecule has 1 aromatic heterocycles. The van der Waals surface area contributed by atoms with Crippen molar-refractivity contribution in [1.82, 2.24) is 10.3 Å². The van der Waals surface area contributed by atoms with Crippen molar-refractivity contribution in [3.05, 3.63) is 103 Å². The molecule has 2 amide bonds. The van der Waals surface area contributed by atoms with E-state index in [2.05, 4.69) is 50.7 Å². The lowest BCUT2D eigenvalue weighted by Gasteiger charge is -2.11. The van der Waals surface area contributed by atoms with Crippen molar-refractivity contribution in [2.24, 2.45) is 0 Å². The molecule has 0 aliphatic rings. The van der Waals surface area contributed by atoms with Gasteiger partial charge in [-0.25, -0.2) is 9.78 Å². The third kappa shape index (κ3) is 6.27. The highest BCUT2D eigenvalue weighted by Gasteiger charge is 2.06. The largest absolute Gasteiger partial charge is 0.481 e. The molecule has 0 radical (unpaired) electrons. The summed E-state index contributed by atoms with van der Waals surface area (Å²) in [6, 6.07) is 29.7. The average Bonchev–Trinajstić information content (AvgIpc) is 2.87. The van der Waals surface area contributed by atoms with E-state index in [1.54, 1.807) is 30.3 Å². The minimum atomic E-state index is -0.293. The fourth-order valence-electron chi connectivity index (χ4n) is 3.17. The number of anilines is 2. The van der Waals surface area contributed by atoms with E-state index < -0.39 is 0 Å². The number of nitrogens with one attached hydrogen (secondary N) is 3. The van der Waals surface area contributed by atoms with Gasteiger partial charge in [0.15, 0.2) is 0 Å². The van der Waals surface area contributed by atoms with Crippen molar-refractivity contribution in [2.75, 3.05) is 17.1 Å². The maximum atomic E-state index is 12.2. The van der Waals surface area contributed by atoms with Crippen molar-refractivity contribution >= 4 is 29.4 Å². The fraction of sp³-hybridized carbons (Fsp3) is 0.0769. The Kier molecular flexibility index (Phi) is 7.45. The zero-order valence-corrected chi connectivity index (χ0v) is 18.9. The predicted molar refractivity (Wildman–Crippen MR) is 134 cm³/mol. The van der Waals surface area contributed by atoms with Gasteiger partial charge in [-0.1, -0.05) is 60.7 Å². The number of amides is 2. The summed E-state index contributed by atoms with van der Waals surface area (Å²) in [7, 11) is 1.53. The molecule has 0 atom stereocenters. The first-order valence-electron chi connectivity index (χ1n) is 10.4. The number of urea groups is 1. The molecule has 0 saturated heterocycles. The third-order valence-corrected chi connectivity index (χ3v) is 5.77. The summed E-state index contributed by atoms with van der Waals surface area (Å²) in [5, 5.41) is 5.62. The first kappa shape index (κ1) is 22.2. The smallest absolute Gasteiger partial charge is 0.319 e. The standard InChI is InChI=1S/C26H24N4O2S/c1-32-25-17-22(15-16-27-25)29-26(31)28-18-19-11-13-21(14-12-19)30-33-24-10-6-5-9-23(24)20-7-3-2-4-8-20/h2-17,30H,18H2,1H3,(H2,27,28,29,31). The van der Waals surface area contributed by atoms with Crippen LogP contribution in [0, 0.1) is 0 Å². The van der Waals surface area contributed by atoms with Gasteiger partial charge < -0.3 is 20.1 Å². The summed E-state index contributed by atoms with van der Waals surface area (Å²) in [5.41, 5.74) is 4.98. The summed E-state index contributed by atoms with van der Waals surface area (Å²) in [5.74, 6) is 0.445. The van der Waals surface area contributed by atoms with E-state index >= 15 is 0 Å². The Morgan fingerprint density at radius 2 is 1.67 bits per heavy atom. The number of rotatable bonds is 8. The van der Waals surface area contributed by atoms with Crippen LogP contribution in [0.15, 0.2) is 102 Å². The van der Waals surface area contributed by atoms with Crippen LogP contribution in [-0.4, -0.2) is 18.1 Å². The van der Waals surface area contributed by atoms with Crippen molar-refractivity contribution in [3.63, 3.8) is 0 Å². The number of carbonyl (C=O) groups excluding carboxylic acids is 1. The SMILES string of the molecule is COc1cc(NC(=O)NCc2ccc(NSc3ccccc3-c3ccccc3)cc2)ccn1. The van der Waals surface area contributed by atoms with E-state index in [4.69, 9.17) is 4.74 Å². The number of hydrogen-bond acceptors (Lipinski definition) is 5. The Balaban J connectivity index is 1.30. The lowest BCUT2D eigenvalue weighted by molar-refractivity contribution is 0.251. The van der Waals surface area contributed by atoms with Crippen LogP contribution < -0.4 is 20.1 Å². The van der Waals surface area contributed by atoms with Gasteiger partial charge in [-0.05, 0) is 52.9 Å². The number of ether oxygens (including phenoxy) is 1. The predicted octanol–water partition coefficient (Wildman–Crippen LogP) is 6.20. The highest BCUT2D eigenvalue weighted by atomic mass is 32.2. The molecule has 0 aliphatic heterocycles. The van der Waals surface area contributed by atoms with E-state index in [1.165, 1.54) is 18.2 Å². The van der Waals surface area contributed by atoms with Crippen LogP contribution in [0.2, 0.25) is 0 Å². The van der Waals surface area contributed by atoms with Crippen LogP contribution in [0.5, 0.6) is 5.88 Å². The monoisotopic (exact) mass is 456 g/mol. The molecular formula is C26H24N4O2S. The van der Waals surface area contributed by atoms with Crippen LogP contribution in [0.3, 0.4) is 0 Å². The van der Waals surface area contributed by atoms with E-state index in [0.717, 1.165) is 16.1 Å². The lowest BCUT2D eigenvalue weighted by Crippen LogP contribution is -2.28. The zero-order valence-electron chi connectivity index (χ0n) is 18.1. The molecule has 4 aromatic rings. The molecule has 166 valence electrons. The van der Waals surface area contributed by atoms with Gasteiger partial charge in [0.25, 0.3) is 0 Å². The number of pyridine rings is 1. The molecule has 4 rings (SSSR count). The quantitative estimate of drug-likeness (QED) is 0.275. The molecule has 0 fully saturated rings. The van der Waals surface area contributed by atoms with Crippen LogP contribution in [-0.2, 0) is 6.54 Å². The van der Waals surface area contributed by atoms with Gasteiger partial charge in [0.1, 0.15) is 0 Å². The molecule has 0 saturated carbocycles. The molecule has 3 N–H and O–H groups in total. The van der Waals surface area contributed by atoms with Crippen molar-refractivity contribution < 1.29 is 9.53 Å². The Labute approximate surface area is 197 Å². The summed E-state index contributed by atoms with van der Waals surface area (Å²) in [6.07, 6.45) is 1.58. The van der Waals surface area contributed by atoms with Gasteiger partial charge in [0.05, 0.1) is 7.11 Å². The molecule has 3 aromatic carbocycles. The Morgan fingerprint density at radius 3 is 2.45 bits per heavy atom. The number of nitrogens with zero attached hydrogens (tertiary/aromatic N) is 1. The molecule has 7 heteroatoms. The van der Waals surface area contributed by atoms with Crippen LogP contribution >= 0.6 is 11.9 Å². The van der Waals surface area contributed by atoms with E-state index in [0.29, 0.717) is 18.1 Å². The van der Waals surface area contributed by atoms with Crippen LogP contribution in [0.4, 0.5) is 16.2 Å². The summed E-state index contributed by atoms with van der Waals surface area (Å²) >= 11 is 1.58. The van der Waals surface area contributed by atoms with Gasteiger partial charge in [0.2, 0.25) is 5.88 Å². The minimum Gasteiger partial charge on any atom is -0.481 e. The van der Waals surface area contributed by atoms with E-state index in [1.807, 2.05) is 48.5 Å². The van der Waals surface area contributed by atoms with Gasteiger partial charge in [-0.2, -0.15) is 0 Å². The summed E-state index contributed by atoms with van der Waals surface area (Å²) in [4.78, 5) is 17.3. The van der Waals surface area contributed by atoms with Crippen molar-refractivity contribution in [1.29, 1.82) is 0 Å². The van der Waals surface area contributed by atoms with Crippen LogP contribution in [0.1, 0.15) is 5.56 Å². The maximum Gasteiger partial charge on any atom is 0.319 e. The minimum absolute atomic E-state index is 0.293. The number of carbonyl (C=O) groups is 1. The number of methoxy groups -OCH3 is 1. The third-order valence-electron chi connectivity index (χ3n) is 4.86. The van der Waals surface area contributed by atoms with Gasteiger partial charge in [-0.15, -0.1) is 0 Å². The number of aromatic nitrogens is 1. The molecule has 1 heterocycles. The van der Waals surface area contributed by atoms with Gasteiger partial charge in [0, 0.05) is 35.1 Å². The summed E-state index contributed by atoms with van der Waals surface area (Å²) < 4.78 is 8.47. The average molecular weight is 457 g/mol. The van der Waals surface area contributed by atoms with Gasteiger partial charge in [-0.3, -0.25) is 0 Å². The van der Waals surface area contributed by atoms with Gasteiger partial charge >= 0.3 is 6.03 Å². The molecular weight excluding hydrogens is 432 g/mol. The normalized spacial score (nSPS) is 10.3. The Bertz CT molecular complexity index is 1200. The topological polar surface area (TPSA) is 75.3 Å². The molecule has 0 unspecified atom stereocenters. The molecule has 0 bridgehead atoms. The molecule has 33 heavy (non-hydrogen) atoms. The first-order valence-corrected chi connectivity index (χ1v) is 11.2. The molecule has 0 spiro atoms. The van der Waals surface area contributed by atoms with E-state index in [-0.39, 0.29) is 6.03 Å². The van der Waals surface area contributed by atoms with E-state index in [9.17, 15) is 4.79 Å². The van der Waals surface area contributed by atoms with Crippen LogP contribution in [0.25, 0.3) is 11.1 Å². The highest BCUT2D eigenvalue weighted by Crippen LogP contribution is 2.31. The number of benzene rings is 3. The second-order valence-corrected chi connectivity index (χ2v) is 8.01. The number of hydrogen-bond donors (Lipinski definition) is 3. The maximum absolute atomic E-state index is 12.2. The highest BCUT2D eigenvalue weighted by molar-refractivity contribution is 8.00. The Hall–Kier alpha value is -3.97. The Morgan fingerprint density at radius 1 is 0.909 bits per heavy atom. The fourth-order valence-corrected chi connectivity index (χ4v) is 3.98.